The van der Waals surface area contributed by atoms with Crippen LogP contribution in [-0.2, 0) is 12.1 Å². The molecule has 2 N–H and O–H groups in total. The van der Waals surface area contributed by atoms with E-state index in [1.54, 1.807) is 6.92 Å². The van der Waals surface area contributed by atoms with Crippen LogP contribution in [-0.4, -0.2) is 6.54 Å². The summed E-state index contributed by atoms with van der Waals surface area (Å²) in [5.41, 5.74) is 5.63. The van der Waals surface area contributed by atoms with E-state index in [2.05, 4.69) is 0 Å². The normalized spacial score (nSPS) is 15.9. The molecule has 0 aliphatic rings. The van der Waals surface area contributed by atoms with Gasteiger partial charge in [0.25, 0.3) is 0 Å². The molecule has 0 aliphatic carbocycles. The highest BCUT2D eigenvalue weighted by Gasteiger charge is 2.39. The first-order chi connectivity index (χ1) is 7.29. The second-order valence-corrected chi connectivity index (χ2v) is 5.49. The molecule has 0 heterocycles. The number of rotatable bonds is 3. The van der Waals surface area contributed by atoms with E-state index in [0.717, 1.165) is 17.5 Å². The highest BCUT2D eigenvalue weighted by molar-refractivity contribution is 5.29. The molecule has 1 rings (SSSR count). The Kier molecular flexibility index (Phi) is 3.74. The average molecular weight is 223 g/mol. The zero-order chi connectivity index (χ0) is 12.4. The van der Waals surface area contributed by atoms with Crippen LogP contribution in [0.25, 0.3) is 0 Å². The summed E-state index contributed by atoms with van der Waals surface area (Å²) in [5.74, 6) is 0. The van der Waals surface area contributed by atoms with E-state index < -0.39 is 11.1 Å². The Labute approximate surface area is 97.9 Å². The summed E-state index contributed by atoms with van der Waals surface area (Å²) in [4.78, 5) is 0. The molecule has 1 aromatic carbocycles. The number of halogens is 1. The van der Waals surface area contributed by atoms with Gasteiger partial charge in [0, 0.05) is 0 Å². The van der Waals surface area contributed by atoms with Crippen molar-refractivity contribution < 1.29 is 4.39 Å². The van der Waals surface area contributed by atoms with Crippen LogP contribution in [0.1, 0.15) is 38.8 Å². The fraction of sp³-hybridized carbons (Fsp3) is 0.571. The van der Waals surface area contributed by atoms with E-state index in [1.165, 1.54) is 0 Å². The molecule has 0 aliphatic heterocycles. The number of hydrogen-bond acceptors (Lipinski definition) is 1. The molecule has 0 amide bonds. The van der Waals surface area contributed by atoms with Crippen LogP contribution in [0.2, 0.25) is 0 Å². The molecule has 0 radical (unpaired) electrons. The molecule has 0 spiro atoms. The standard InChI is InChI=1S/C14H22FN/c1-13(2,3)14(4,15)12-7-5-6-11(10-12)8-9-16/h5-7,10H,8-9,16H2,1-4H3. The van der Waals surface area contributed by atoms with Gasteiger partial charge in [-0.2, -0.15) is 0 Å². The Bertz CT molecular complexity index is 350. The predicted octanol–water partition coefficient (Wildman–Crippen LogP) is 3.42. The van der Waals surface area contributed by atoms with Gasteiger partial charge in [0.1, 0.15) is 5.67 Å². The van der Waals surface area contributed by atoms with E-state index in [0.29, 0.717) is 6.54 Å². The molecular formula is C14H22FN. The highest BCUT2D eigenvalue weighted by atomic mass is 19.1. The molecule has 0 fully saturated rings. The molecule has 16 heavy (non-hydrogen) atoms. The van der Waals surface area contributed by atoms with Gasteiger partial charge in [-0.15, -0.1) is 0 Å². The van der Waals surface area contributed by atoms with E-state index in [1.807, 2.05) is 45.0 Å². The highest BCUT2D eigenvalue weighted by Crippen LogP contribution is 2.42. The number of hydrogen-bond donors (Lipinski definition) is 1. The van der Waals surface area contributed by atoms with Crippen molar-refractivity contribution in [1.29, 1.82) is 0 Å². The predicted molar refractivity (Wildman–Crippen MR) is 67.1 cm³/mol. The lowest BCUT2D eigenvalue weighted by molar-refractivity contribution is 0.0452. The van der Waals surface area contributed by atoms with Gasteiger partial charge in [-0.3, -0.25) is 0 Å². The number of alkyl halides is 1. The summed E-state index contributed by atoms with van der Waals surface area (Å²) in [6.07, 6.45) is 0.800. The fourth-order valence-electron chi connectivity index (χ4n) is 1.62. The largest absolute Gasteiger partial charge is 0.330 e. The zero-order valence-corrected chi connectivity index (χ0v) is 10.7. The van der Waals surface area contributed by atoms with Gasteiger partial charge < -0.3 is 5.73 Å². The van der Waals surface area contributed by atoms with Crippen LogP contribution in [0.5, 0.6) is 0 Å². The van der Waals surface area contributed by atoms with Gasteiger partial charge in [-0.05, 0) is 36.4 Å². The van der Waals surface area contributed by atoms with E-state index >= 15 is 0 Å². The lowest BCUT2D eigenvalue weighted by Crippen LogP contribution is -2.32. The van der Waals surface area contributed by atoms with Gasteiger partial charge in [0.15, 0.2) is 0 Å². The molecule has 1 nitrogen and oxygen atoms in total. The third kappa shape index (κ3) is 2.62. The van der Waals surface area contributed by atoms with Crippen molar-refractivity contribution in [3.05, 3.63) is 35.4 Å². The Morgan fingerprint density at radius 2 is 1.81 bits per heavy atom. The minimum Gasteiger partial charge on any atom is -0.330 e. The lowest BCUT2D eigenvalue weighted by Gasteiger charge is -2.35. The van der Waals surface area contributed by atoms with Crippen LogP contribution in [0.4, 0.5) is 4.39 Å². The molecule has 1 unspecified atom stereocenters. The van der Waals surface area contributed by atoms with Gasteiger partial charge in [0.05, 0.1) is 0 Å². The van der Waals surface area contributed by atoms with Crippen LogP contribution in [0.15, 0.2) is 24.3 Å². The fourth-order valence-corrected chi connectivity index (χ4v) is 1.62. The molecule has 90 valence electrons. The van der Waals surface area contributed by atoms with Crippen LogP contribution >= 0.6 is 0 Å². The van der Waals surface area contributed by atoms with Crippen molar-refractivity contribution in [2.24, 2.45) is 11.1 Å². The Morgan fingerprint density at radius 3 is 2.31 bits per heavy atom. The van der Waals surface area contributed by atoms with Crippen molar-refractivity contribution in [1.82, 2.24) is 0 Å². The second-order valence-electron chi connectivity index (χ2n) is 5.49. The Balaban J connectivity index is 3.08. The topological polar surface area (TPSA) is 26.0 Å². The smallest absolute Gasteiger partial charge is 0.138 e. The van der Waals surface area contributed by atoms with Gasteiger partial charge in [-0.25, -0.2) is 4.39 Å². The molecule has 1 aromatic rings. The first-order valence-electron chi connectivity index (χ1n) is 5.77. The van der Waals surface area contributed by atoms with Crippen LogP contribution < -0.4 is 5.73 Å². The quantitative estimate of drug-likeness (QED) is 0.835. The maximum atomic E-state index is 14.7. The lowest BCUT2D eigenvalue weighted by atomic mass is 9.74. The molecule has 2 heteroatoms. The van der Waals surface area contributed by atoms with Crippen molar-refractivity contribution in [2.75, 3.05) is 6.54 Å². The number of benzene rings is 1. The van der Waals surface area contributed by atoms with Crippen molar-refractivity contribution >= 4 is 0 Å². The van der Waals surface area contributed by atoms with Crippen molar-refractivity contribution in [2.45, 2.75) is 39.8 Å². The summed E-state index contributed by atoms with van der Waals surface area (Å²) in [5, 5.41) is 0. The molecule has 0 saturated heterocycles. The summed E-state index contributed by atoms with van der Waals surface area (Å²) >= 11 is 0. The minimum absolute atomic E-state index is 0.408. The minimum atomic E-state index is -1.32. The average Bonchev–Trinajstić information content (AvgIpc) is 2.17. The maximum absolute atomic E-state index is 14.7. The van der Waals surface area contributed by atoms with E-state index in [-0.39, 0.29) is 0 Å². The molecular weight excluding hydrogens is 201 g/mol. The van der Waals surface area contributed by atoms with Crippen molar-refractivity contribution in [3.8, 4) is 0 Å². The monoisotopic (exact) mass is 223 g/mol. The van der Waals surface area contributed by atoms with Crippen LogP contribution in [0.3, 0.4) is 0 Å². The Morgan fingerprint density at radius 1 is 1.19 bits per heavy atom. The molecule has 1 atom stereocenters. The molecule has 0 aromatic heterocycles. The first kappa shape index (κ1) is 13.2. The SMILES string of the molecule is CC(C)(C)C(C)(F)c1cccc(CCN)c1. The van der Waals surface area contributed by atoms with Crippen molar-refractivity contribution in [3.63, 3.8) is 0 Å². The first-order valence-corrected chi connectivity index (χ1v) is 5.77. The Hall–Kier alpha value is -0.890. The summed E-state index contributed by atoms with van der Waals surface area (Å²) in [6, 6.07) is 7.68. The van der Waals surface area contributed by atoms with Gasteiger partial charge >= 0.3 is 0 Å². The molecule has 0 saturated carbocycles. The van der Waals surface area contributed by atoms with Crippen LogP contribution in [0, 0.1) is 5.41 Å². The number of nitrogens with two attached hydrogens (primary N) is 1. The van der Waals surface area contributed by atoms with E-state index in [9.17, 15) is 4.39 Å². The second kappa shape index (κ2) is 4.54. The van der Waals surface area contributed by atoms with E-state index in [4.69, 9.17) is 5.73 Å². The zero-order valence-electron chi connectivity index (χ0n) is 10.7. The third-order valence-corrected chi connectivity index (χ3v) is 3.31. The summed E-state index contributed by atoms with van der Waals surface area (Å²) in [6.45, 7) is 8.00. The third-order valence-electron chi connectivity index (χ3n) is 3.31. The molecule has 0 bridgehead atoms. The summed E-state index contributed by atoms with van der Waals surface area (Å²) < 4.78 is 14.7. The van der Waals surface area contributed by atoms with Gasteiger partial charge in [-0.1, -0.05) is 45.0 Å². The summed E-state index contributed by atoms with van der Waals surface area (Å²) in [7, 11) is 0. The van der Waals surface area contributed by atoms with Gasteiger partial charge in [0.2, 0.25) is 0 Å². The maximum Gasteiger partial charge on any atom is 0.138 e.